The quantitative estimate of drug-likeness (QED) is 0.287. The monoisotopic (exact) mass is 416 g/mol. The lowest BCUT2D eigenvalue weighted by Crippen LogP contribution is -2.01. The first kappa shape index (κ1) is 18.8. The molecule has 28 heavy (non-hydrogen) atoms. The molecule has 0 heterocycles. The largest absolute Gasteiger partial charge is 0.295 e. The second-order valence-electron chi connectivity index (χ2n) is 6.75. The van der Waals surface area contributed by atoms with Crippen molar-refractivity contribution in [1.29, 1.82) is 0 Å². The summed E-state index contributed by atoms with van der Waals surface area (Å²) in [7, 11) is -8.79. The second kappa shape index (κ2) is 5.99. The van der Waals surface area contributed by atoms with Crippen molar-refractivity contribution >= 4 is 52.6 Å². The summed E-state index contributed by atoms with van der Waals surface area (Å²) >= 11 is 0. The van der Waals surface area contributed by atoms with Gasteiger partial charge in [-0.2, -0.15) is 16.8 Å². The van der Waals surface area contributed by atoms with Crippen molar-refractivity contribution in [2.45, 2.75) is 23.6 Å². The fourth-order valence-electron chi connectivity index (χ4n) is 3.86. The van der Waals surface area contributed by atoms with Crippen molar-refractivity contribution in [3.8, 4) is 0 Å². The molecule has 0 amide bonds. The van der Waals surface area contributed by atoms with Crippen molar-refractivity contribution in [3.05, 3.63) is 59.7 Å². The van der Waals surface area contributed by atoms with E-state index in [1.807, 2.05) is 13.0 Å². The normalized spacial score (nSPS) is 12.9. The maximum Gasteiger partial charge on any atom is 0.295 e. The van der Waals surface area contributed by atoms with Crippen LogP contribution in [0.25, 0.3) is 32.3 Å². The molecular formula is C20H16O6S2. The van der Waals surface area contributed by atoms with Crippen LogP contribution < -0.4 is 0 Å². The maximum absolute atomic E-state index is 12.0. The summed E-state index contributed by atoms with van der Waals surface area (Å²) in [6.07, 6.45) is 0. The standard InChI is InChI=1S/C20H16O6S2/c1-11-16-8-6-13-4-3-5-18(28(24,25)26)20(13)19(16)12(2)15-9-7-14(10-17(11)15)27(21,22)23/h3-10H,1-2H3,(H,21,22,23)(H,24,25,26). The molecule has 144 valence electrons. The molecule has 0 saturated heterocycles. The van der Waals surface area contributed by atoms with Crippen LogP contribution in [0.3, 0.4) is 0 Å². The first-order valence-corrected chi connectivity index (χ1v) is 11.2. The van der Waals surface area contributed by atoms with Gasteiger partial charge in [-0.05, 0) is 70.1 Å². The van der Waals surface area contributed by atoms with Crippen LogP contribution in [0.5, 0.6) is 0 Å². The summed E-state index contributed by atoms with van der Waals surface area (Å²) in [5, 5.41) is 3.87. The average molecular weight is 416 g/mol. The SMILES string of the molecule is Cc1c2cc(S(=O)(=O)O)ccc2c(C)c2c1ccc1cccc(S(=O)(=O)O)c12. The first-order chi connectivity index (χ1) is 13.0. The number of benzene rings is 4. The Bertz CT molecular complexity index is 1520. The van der Waals surface area contributed by atoms with E-state index in [9.17, 15) is 25.9 Å². The molecule has 4 rings (SSSR count). The number of aryl methyl sites for hydroxylation is 2. The van der Waals surface area contributed by atoms with Crippen molar-refractivity contribution in [2.24, 2.45) is 0 Å². The minimum atomic E-state index is -4.44. The lowest BCUT2D eigenvalue weighted by molar-refractivity contribution is 0.481. The van der Waals surface area contributed by atoms with Gasteiger partial charge in [0.2, 0.25) is 0 Å². The minimum Gasteiger partial charge on any atom is -0.282 e. The van der Waals surface area contributed by atoms with Gasteiger partial charge in [-0.15, -0.1) is 0 Å². The topological polar surface area (TPSA) is 109 Å². The fraction of sp³-hybridized carbons (Fsp3) is 0.100. The van der Waals surface area contributed by atoms with Crippen LogP contribution in [0.1, 0.15) is 11.1 Å². The Morgan fingerprint density at radius 3 is 2.00 bits per heavy atom. The van der Waals surface area contributed by atoms with Gasteiger partial charge in [0.05, 0.1) is 4.90 Å². The summed E-state index contributed by atoms with van der Waals surface area (Å²) in [5.74, 6) is 0. The van der Waals surface area contributed by atoms with Crippen molar-refractivity contribution < 1.29 is 25.9 Å². The molecule has 0 saturated carbocycles. The smallest absolute Gasteiger partial charge is 0.282 e. The molecule has 2 N–H and O–H groups in total. The molecule has 0 fully saturated rings. The third-order valence-electron chi connectivity index (χ3n) is 5.16. The highest BCUT2D eigenvalue weighted by molar-refractivity contribution is 7.86. The van der Waals surface area contributed by atoms with Crippen LogP contribution in [0.15, 0.2) is 58.3 Å². The van der Waals surface area contributed by atoms with E-state index < -0.39 is 20.2 Å². The van der Waals surface area contributed by atoms with E-state index in [1.165, 1.54) is 18.2 Å². The molecule has 0 unspecified atom stereocenters. The van der Waals surface area contributed by atoms with Crippen LogP contribution >= 0.6 is 0 Å². The van der Waals surface area contributed by atoms with Crippen LogP contribution in [-0.2, 0) is 20.2 Å². The van der Waals surface area contributed by atoms with Crippen LogP contribution in [0, 0.1) is 13.8 Å². The highest BCUT2D eigenvalue weighted by atomic mass is 32.2. The zero-order chi connectivity index (χ0) is 20.4. The summed E-state index contributed by atoms with van der Waals surface area (Å²) in [4.78, 5) is -0.381. The van der Waals surface area contributed by atoms with E-state index in [0.717, 1.165) is 21.9 Å². The molecule has 4 aromatic rings. The molecule has 6 nitrogen and oxygen atoms in total. The lowest BCUT2D eigenvalue weighted by atomic mass is 9.90. The van der Waals surface area contributed by atoms with Crippen LogP contribution in [0.2, 0.25) is 0 Å². The Hall–Kier alpha value is -2.52. The summed E-state index contributed by atoms with van der Waals surface area (Å²) < 4.78 is 66.1. The van der Waals surface area contributed by atoms with Crippen LogP contribution in [0.4, 0.5) is 0 Å². The zero-order valence-electron chi connectivity index (χ0n) is 15.0. The van der Waals surface area contributed by atoms with Gasteiger partial charge in [0.25, 0.3) is 20.2 Å². The van der Waals surface area contributed by atoms with E-state index in [-0.39, 0.29) is 9.79 Å². The van der Waals surface area contributed by atoms with Gasteiger partial charge in [0.1, 0.15) is 4.90 Å². The van der Waals surface area contributed by atoms with Crippen molar-refractivity contribution in [1.82, 2.24) is 0 Å². The zero-order valence-corrected chi connectivity index (χ0v) is 16.6. The Morgan fingerprint density at radius 2 is 1.36 bits per heavy atom. The second-order valence-corrected chi connectivity index (χ2v) is 9.56. The third kappa shape index (κ3) is 2.77. The van der Waals surface area contributed by atoms with E-state index in [2.05, 4.69) is 0 Å². The fourth-order valence-corrected chi connectivity index (χ4v) is 5.10. The highest BCUT2D eigenvalue weighted by Crippen LogP contribution is 2.39. The molecule has 0 aliphatic carbocycles. The molecule has 4 aromatic carbocycles. The molecule has 0 bridgehead atoms. The van der Waals surface area contributed by atoms with E-state index >= 15 is 0 Å². The molecule has 0 spiro atoms. The van der Waals surface area contributed by atoms with Gasteiger partial charge in [-0.3, -0.25) is 9.11 Å². The molecule has 0 aliphatic rings. The van der Waals surface area contributed by atoms with Gasteiger partial charge in [-0.25, -0.2) is 0 Å². The number of fused-ring (bicyclic) bond motifs is 4. The summed E-state index contributed by atoms with van der Waals surface area (Å²) in [6.45, 7) is 3.62. The van der Waals surface area contributed by atoms with Gasteiger partial charge >= 0.3 is 0 Å². The predicted octanol–water partition coefficient (Wildman–Crippen LogP) is 4.26. The molecule has 0 aliphatic heterocycles. The molecule has 8 heteroatoms. The maximum atomic E-state index is 12.0. The Labute approximate surface area is 161 Å². The van der Waals surface area contributed by atoms with E-state index in [1.54, 1.807) is 31.2 Å². The van der Waals surface area contributed by atoms with E-state index in [0.29, 0.717) is 21.5 Å². The third-order valence-corrected chi connectivity index (χ3v) is 6.91. The van der Waals surface area contributed by atoms with Crippen molar-refractivity contribution in [2.75, 3.05) is 0 Å². The van der Waals surface area contributed by atoms with Gasteiger partial charge < -0.3 is 0 Å². The van der Waals surface area contributed by atoms with Gasteiger partial charge in [0.15, 0.2) is 0 Å². The number of hydrogen-bond donors (Lipinski definition) is 2. The van der Waals surface area contributed by atoms with Gasteiger partial charge in [-0.1, -0.05) is 30.3 Å². The Kier molecular flexibility index (Phi) is 4.03. The Balaban J connectivity index is 2.30. The minimum absolute atomic E-state index is 0.174. The molecule has 0 aromatic heterocycles. The van der Waals surface area contributed by atoms with E-state index in [4.69, 9.17) is 0 Å². The lowest BCUT2D eigenvalue weighted by Gasteiger charge is -2.16. The molecular weight excluding hydrogens is 400 g/mol. The highest BCUT2D eigenvalue weighted by Gasteiger charge is 2.20. The summed E-state index contributed by atoms with van der Waals surface area (Å²) in [6, 6.07) is 12.6. The van der Waals surface area contributed by atoms with Crippen LogP contribution in [-0.4, -0.2) is 25.9 Å². The predicted molar refractivity (Wildman–Crippen MR) is 108 cm³/mol. The Morgan fingerprint density at radius 1 is 0.679 bits per heavy atom. The average Bonchev–Trinajstić information content (AvgIpc) is 2.62. The molecule has 0 atom stereocenters. The number of rotatable bonds is 2. The number of hydrogen-bond acceptors (Lipinski definition) is 4. The summed E-state index contributed by atoms with van der Waals surface area (Å²) in [5.41, 5.74) is 1.49. The van der Waals surface area contributed by atoms with Gasteiger partial charge in [0, 0.05) is 5.39 Å². The van der Waals surface area contributed by atoms with Crippen molar-refractivity contribution in [3.63, 3.8) is 0 Å². The first-order valence-electron chi connectivity index (χ1n) is 8.33. The molecule has 0 radical (unpaired) electrons.